The zero-order valence-corrected chi connectivity index (χ0v) is 13.0. The monoisotopic (exact) mass is 337 g/mol. The number of ether oxygens (including phenoxy) is 1. The van der Waals surface area contributed by atoms with Crippen LogP contribution in [0.25, 0.3) is 0 Å². The van der Waals surface area contributed by atoms with Gasteiger partial charge in [-0.15, -0.1) is 0 Å². The van der Waals surface area contributed by atoms with E-state index in [1.807, 2.05) is 19.2 Å². The van der Waals surface area contributed by atoms with Crippen LogP contribution in [0.4, 0.5) is 5.69 Å². The Kier molecular flexibility index (Phi) is 4.79. The fourth-order valence-electron chi connectivity index (χ4n) is 1.77. The molecule has 0 aliphatic carbocycles. The number of aromatic nitrogens is 2. The second kappa shape index (κ2) is 6.56. The first kappa shape index (κ1) is 14.6. The molecule has 0 bridgehead atoms. The van der Waals surface area contributed by atoms with Crippen LogP contribution >= 0.6 is 15.9 Å². The highest BCUT2D eigenvalue weighted by Crippen LogP contribution is 2.27. The molecule has 0 aliphatic heterocycles. The van der Waals surface area contributed by atoms with Crippen molar-refractivity contribution in [3.63, 3.8) is 0 Å². The van der Waals surface area contributed by atoms with Crippen molar-refractivity contribution < 1.29 is 9.53 Å². The Hall–Kier alpha value is -1.82. The van der Waals surface area contributed by atoms with Gasteiger partial charge in [-0.25, -0.2) is 0 Å². The first-order valence-corrected chi connectivity index (χ1v) is 7.00. The number of methoxy groups -OCH3 is 1. The summed E-state index contributed by atoms with van der Waals surface area (Å²) in [6.07, 6.45) is 4.07. The third-order valence-corrected chi connectivity index (χ3v) is 3.39. The fourth-order valence-corrected chi connectivity index (χ4v) is 2.31. The number of carbonyl (C=O) groups is 1. The molecule has 106 valence electrons. The maximum atomic E-state index is 11.9. The molecule has 1 aromatic heterocycles. The molecule has 0 atom stereocenters. The number of hydrogen-bond acceptors (Lipinski definition) is 3. The molecule has 0 aliphatic rings. The predicted molar refractivity (Wildman–Crippen MR) is 80.9 cm³/mol. The number of nitrogens with zero attached hydrogens (tertiary/aromatic N) is 2. The lowest BCUT2D eigenvalue weighted by Gasteiger charge is -2.08. The maximum absolute atomic E-state index is 11.9. The summed E-state index contributed by atoms with van der Waals surface area (Å²) < 4.78 is 7.71. The molecular weight excluding hydrogens is 322 g/mol. The lowest BCUT2D eigenvalue weighted by molar-refractivity contribution is -0.116. The quantitative estimate of drug-likeness (QED) is 0.912. The molecular formula is C14H16BrN3O2. The Labute approximate surface area is 126 Å². The highest BCUT2D eigenvalue weighted by Gasteiger charge is 2.06. The number of amides is 1. The molecule has 1 N–H and O–H groups in total. The van der Waals surface area contributed by atoms with Gasteiger partial charge in [0, 0.05) is 24.8 Å². The van der Waals surface area contributed by atoms with E-state index in [9.17, 15) is 4.79 Å². The van der Waals surface area contributed by atoms with Gasteiger partial charge in [-0.3, -0.25) is 9.48 Å². The normalized spacial score (nSPS) is 10.3. The van der Waals surface area contributed by atoms with Gasteiger partial charge in [0.15, 0.2) is 0 Å². The number of aryl methyl sites for hydroxylation is 2. The van der Waals surface area contributed by atoms with E-state index in [1.165, 1.54) is 0 Å². The number of benzene rings is 1. The Bertz CT molecular complexity index is 610. The van der Waals surface area contributed by atoms with E-state index in [-0.39, 0.29) is 5.91 Å². The molecule has 0 saturated carbocycles. The molecule has 1 aromatic carbocycles. The van der Waals surface area contributed by atoms with E-state index in [0.29, 0.717) is 13.0 Å². The van der Waals surface area contributed by atoms with Crippen LogP contribution in [0.3, 0.4) is 0 Å². The second-order valence-electron chi connectivity index (χ2n) is 4.43. The zero-order valence-electron chi connectivity index (χ0n) is 11.4. The van der Waals surface area contributed by atoms with Crippen LogP contribution in [0.5, 0.6) is 5.75 Å². The Morgan fingerprint density at radius 3 is 2.90 bits per heavy atom. The zero-order chi connectivity index (χ0) is 14.5. The Morgan fingerprint density at radius 1 is 1.50 bits per heavy atom. The Morgan fingerprint density at radius 2 is 2.30 bits per heavy atom. The average Bonchev–Trinajstić information content (AvgIpc) is 2.82. The lowest BCUT2D eigenvalue weighted by atomic mass is 10.3. The molecule has 0 radical (unpaired) electrons. The van der Waals surface area contributed by atoms with Crippen molar-refractivity contribution in [3.8, 4) is 5.75 Å². The van der Waals surface area contributed by atoms with Gasteiger partial charge < -0.3 is 10.1 Å². The first-order chi connectivity index (χ1) is 9.58. The van der Waals surface area contributed by atoms with Gasteiger partial charge in [-0.1, -0.05) is 0 Å². The van der Waals surface area contributed by atoms with Crippen LogP contribution in [-0.2, 0) is 11.3 Å². The number of nitrogens with one attached hydrogen (secondary N) is 1. The predicted octanol–water partition coefficient (Wildman–Crippen LogP) is 2.99. The standard InChI is InChI=1S/C14H16BrN3O2/c1-10-8-16-18(9-10)6-5-14(19)17-11-3-4-13(20-2)12(15)7-11/h3-4,7-9H,5-6H2,1-2H3,(H,17,19). The highest BCUT2D eigenvalue weighted by atomic mass is 79.9. The number of rotatable bonds is 5. The molecule has 2 rings (SSSR count). The van der Waals surface area contributed by atoms with Crippen molar-refractivity contribution in [2.75, 3.05) is 12.4 Å². The highest BCUT2D eigenvalue weighted by molar-refractivity contribution is 9.10. The summed E-state index contributed by atoms with van der Waals surface area (Å²) in [5.41, 5.74) is 1.82. The molecule has 5 nitrogen and oxygen atoms in total. The van der Waals surface area contributed by atoms with Gasteiger partial charge in [0.05, 0.1) is 17.8 Å². The van der Waals surface area contributed by atoms with Gasteiger partial charge in [-0.2, -0.15) is 5.10 Å². The molecule has 6 heteroatoms. The van der Waals surface area contributed by atoms with Gasteiger partial charge in [-0.05, 0) is 46.6 Å². The summed E-state index contributed by atoms with van der Waals surface area (Å²) in [5.74, 6) is 0.685. The van der Waals surface area contributed by atoms with E-state index >= 15 is 0 Å². The molecule has 20 heavy (non-hydrogen) atoms. The molecule has 0 fully saturated rings. The van der Waals surface area contributed by atoms with E-state index in [1.54, 1.807) is 30.1 Å². The van der Waals surface area contributed by atoms with Gasteiger partial charge >= 0.3 is 0 Å². The molecule has 0 unspecified atom stereocenters. The number of hydrogen-bond donors (Lipinski definition) is 1. The number of carbonyl (C=O) groups excluding carboxylic acids is 1. The van der Waals surface area contributed by atoms with Crippen LogP contribution in [0, 0.1) is 6.92 Å². The van der Waals surface area contributed by atoms with Crippen molar-refractivity contribution in [1.29, 1.82) is 0 Å². The minimum Gasteiger partial charge on any atom is -0.496 e. The fraction of sp³-hybridized carbons (Fsp3) is 0.286. The summed E-state index contributed by atoms with van der Waals surface area (Å²) in [6, 6.07) is 5.42. The lowest BCUT2D eigenvalue weighted by Crippen LogP contribution is -2.14. The van der Waals surface area contributed by atoms with Crippen LogP contribution in [0.1, 0.15) is 12.0 Å². The van der Waals surface area contributed by atoms with Gasteiger partial charge in [0.25, 0.3) is 0 Å². The molecule has 0 saturated heterocycles. The third-order valence-electron chi connectivity index (χ3n) is 2.77. The van der Waals surface area contributed by atoms with Crippen LogP contribution < -0.4 is 10.1 Å². The number of anilines is 1. The van der Waals surface area contributed by atoms with Crippen LogP contribution in [-0.4, -0.2) is 22.8 Å². The maximum Gasteiger partial charge on any atom is 0.226 e. The molecule has 2 aromatic rings. The smallest absolute Gasteiger partial charge is 0.226 e. The van der Waals surface area contributed by atoms with Crippen molar-refractivity contribution in [2.24, 2.45) is 0 Å². The van der Waals surface area contributed by atoms with E-state index < -0.39 is 0 Å². The summed E-state index contributed by atoms with van der Waals surface area (Å²) in [7, 11) is 1.60. The second-order valence-corrected chi connectivity index (χ2v) is 5.28. The average molecular weight is 338 g/mol. The number of halogens is 1. The molecule has 1 amide bonds. The third kappa shape index (κ3) is 3.84. The topological polar surface area (TPSA) is 56.1 Å². The van der Waals surface area contributed by atoms with Gasteiger partial charge in [0.1, 0.15) is 5.75 Å². The van der Waals surface area contributed by atoms with E-state index in [2.05, 4.69) is 26.3 Å². The SMILES string of the molecule is COc1ccc(NC(=O)CCn2cc(C)cn2)cc1Br. The van der Waals surface area contributed by atoms with E-state index in [4.69, 9.17) is 4.74 Å². The summed E-state index contributed by atoms with van der Waals surface area (Å²) >= 11 is 3.39. The van der Waals surface area contributed by atoms with Crippen LogP contribution in [0.2, 0.25) is 0 Å². The van der Waals surface area contributed by atoms with Crippen molar-refractivity contribution in [1.82, 2.24) is 9.78 Å². The summed E-state index contributed by atoms with van der Waals surface area (Å²) in [4.78, 5) is 11.9. The Balaban J connectivity index is 1.89. The molecule has 1 heterocycles. The van der Waals surface area contributed by atoms with E-state index in [0.717, 1.165) is 21.5 Å². The van der Waals surface area contributed by atoms with Crippen molar-refractivity contribution >= 4 is 27.5 Å². The van der Waals surface area contributed by atoms with Crippen molar-refractivity contribution in [2.45, 2.75) is 19.9 Å². The minimum absolute atomic E-state index is 0.0461. The largest absolute Gasteiger partial charge is 0.496 e. The van der Waals surface area contributed by atoms with Gasteiger partial charge in [0.2, 0.25) is 5.91 Å². The first-order valence-electron chi connectivity index (χ1n) is 6.21. The van der Waals surface area contributed by atoms with Crippen LogP contribution in [0.15, 0.2) is 35.1 Å². The molecule has 0 spiro atoms. The minimum atomic E-state index is -0.0461. The summed E-state index contributed by atoms with van der Waals surface area (Å²) in [5, 5.41) is 6.99. The van der Waals surface area contributed by atoms with Crippen molar-refractivity contribution in [3.05, 3.63) is 40.6 Å². The summed E-state index contributed by atoms with van der Waals surface area (Å²) in [6.45, 7) is 2.54.